The number of benzene rings is 2. The van der Waals surface area contributed by atoms with Crippen LogP contribution >= 0.6 is 24.4 Å². The molecule has 0 radical (unpaired) electrons. The lowest BCUT2D eigenvalue weighted by Gasteiger charge is -2.08. The highest BCUT2D eigenvalue weighted by molar-refractivity contribution is 7.72. The molecule has 0 bridgehead atoms. The Hall–Kier alpha value is -3.01. The van der Waals surface area contributed by atoms with Crippen LogP contribution in [0.25, 0.3) is 33.4 Å². The number of aromatic amines is 3. The van der Waals surface area contributed by atoms with Crippen molar-refractivity contribution in [3.05, 3.63) is 69.1 Å². The fraction of sp³-hybridized carbons (Fsp3) is 0.0500. The molecule has 4 nitrogen and oxygen atoms in total. The van der Waals surface area contributed by atoms with Crippen LogP contribution in [0.2, 0.25) is 0 Å². The number of rotatable bonds is 2. The lowest BCUT2D eigenvalue weighted by molar-refractivity contribution is 1.11. The molecule has 2 heterocycles. The van der Waals surface area contributed by atoms with Crippen molar-refractivity contribution in [2.24, 2.45) is 0 Å². The number of hydrogen-bond acceptors (Lipinski definition) is 3. The highest BCUT2D eigenvalue weighted by atomic mass is 32.1. The maximum atomic E-state index is 9.68. The summed E-state index contributed by atoms with van der Waals surface area (Å²) in [6.07, 6.45) is 0. The first kappa shape index (κ1) is 16.5. The zero-order valence-electron chi connectivity index (χ0n) is 13.9. The summed E-state index contributed by atoms with van der Waals surface area (Å²) in [5.41, 5.74) is 6.00. The fourth-order valence-corrected chi connectivity index (χ4v) is 3.69. The molecule has 0 aliphatic heterocycles. The summed E-state index contributed by atoms with van der Waals surface area (Å²) in [5.74, 6) is 0. The molecule has 4 rings (SSSR count). The van der Waals surface area contributed by atoms with E-state index in [1.165, 1.54) is 0 Å². The highest BCUT2D eigenvalue weighted by Crippen LogP contribution is 2.39. The minimum Gasteiger partial charge on any atom is -0.354 e. The van der Waals surface area contributed by atoms with Gasteiger partial charge >= 0.3 is 0 Å². The van der Waals surface area contributed by atoms with Crippen LogP contribution < -0.4 is 0 Å². The van der Waals surface area contributed by atoms with E-state index in [-0.39, 0.29) is 0 Å². The monoisotopic (exact) mass is 374 g/mol. The van der Waals surface area contributed by atoms with Gasteiger partial charge in [-0.1, -0.05) is 54.2 Å². The number of aromatic nitrogens is 3. The standard InChI is InChI=1S/C20H14N4S2/c1-11-7-8-15-13(9-11)16(17(22-15)12-5-3-2-4-6-12)18-14(10-21)19(25)24-20(26)23-18/h2-9,22H,1H3,(H2,23,24,25,26). The molecule has 3 N–H and O–H groups in total. The Morgan fingerprint density at radius 3 is 2.42 bits per heavy atom. The van der Waals surface area contributed by atoms with E-state index in [2.05, 4.69) is 33.2 Å². The maximum Gasteiger partial charge on any atom is 0.175 e. The van der Waals surface area contributed by atoms with E-state index in [4.69, 9.17) is 24.4 Å². The Bertz CT molecular complexity index is 1290. The van der Waals surface area contributed by atoms with Crippen LogP contribution in [0.1, 0.15) is 11.1 Å². The summed E-state index contributed by atoms with van der Waals surface area (Å²) in [7, 11) is 0. The van der Waals surface area contributed by atoms with Crippen molar-refractivity contribution in [1.29, 1.82) is 5.26 Å². The molecule has 0 atom stereocenters. The third-order valence-corrected chi connectivity index (χ3v) is 4.83. The van der Waals surface area contributed by atoms with E-state index in [1.54, 1.807) is 0 Å². The molecule has 2 aromatic carbocycles. The second-order valence-electron chi connectivity index (χ2n) is 6.06. The summed E-state index contributed by atoms with van der Waals surface area (Å²) in [6.45, 7) is 2.04. The molecule has 0 fully saturated rings. The minimum atomic E-state index is 0.340. The molecule has 0 aliphatic carbocycles. The summed E-state index contributed by atoms with van der Waals surface area (Å²) in [5, 5.41) is 10.7. The third-order valence-electron chi connectivity index (χ3n) is 4.32. The Balaban J connectivity index is 2.19. The quantitative estimate of drug-likeness (QED) is 0.388. The number of aryl methyl sites for hydroxylation is 1. The normalized spacial score (nSPS) is 10.8. The summed E-state index contributed by atoms with van der Waals surface area (Å²) in [4.78, 5) is 9.48. The number of nitrogens with one attached hydrogen (secondary N) is 3. The molecule has 0 saturated heterocycles. The second-order valence-corrected chi connectivity index (χ2v) is 6.88. The average Bonchev–Trinajstić information content (AvgIpc) is 3.00. The van der Waals surface area contributed by atoms with Gasteiger partial charge in [-0.2, -0.15) is 5.26 Å². The maximum absolute atomic E-state index is 9.68. The molecule has 4 aromatic rings. The van der Waals surface area contributed by atoms with Crippen molar-refractivity contribution in [3.63, 3.8) is 0 Å². The molecule has 26 heavy (non-hydrogen) atoms. The van der Waals surface area contributed by atoms with Gasteiger partial charge in [-0.25, -0.2) is 0 Å². The summed E-state index contributed by atoms with van der Waals surface area (Å²) in [6, 6.07) is 18.4. The molecule has 0 unspecified atom stereocenters. The SMILES string of the molecule is Cc1ccc2[nH]c(-c3ccccc3)c(-c3[nH]c(=S)[nH]c(=S)c3C#N)c2c1. The van der Waals surface area contributed by atoms with Gasteiger partial charge in [0.1, 0.15) is 16.3 Å². The lowest BCUT2D eigenvalue weighted by atomic mass is 9.99. The molecule has 6 heteroatoms. The lowest BCUT2D eigenvalue weighted by Crippen LogP contribution is -1.95. The molecule has 0 saturated carbocycles. The van der Waals surface area contributed by atoms with Crippen molar-refractivity contribution in [2.45, 2.75) is 6.92 Å². The van der Waals surface area contributed by atoms with Gasteiger partial charge in [0.15, 0.2) is 4.77 Å². The van der Waals surface area contributed by atoms with Gasteiger partial charge in [0.25, 0.3) is 0 Å². The van der Waals surface area contributed by atoms with Crippen LogP contribution in [-0.4, -0.2) is 15.0 Å². The van der Waals surface area contributed by atoms with Crippen LogP contribution in [-0.2, 0) is 0 Å². The van der Waals surface area contributed by atoms with Gasteiger partial charge < -0.3 is 15.0 Å². The summed E-state index contributed by atoms with van der Waals surface area (Å²) < 4.78 is 0.734. The fourth-order valence-electron chi connectivity index (χ4n) is 3.17. The smallest absolute Gasteiger partial charge is 0.175 e. The van der Waals surface area contributed by atoms with Gasteiger partial charge in [0.05, 0.1) is 11.4 Å². The molecule has 0 aliphatic rings. The van der Waals surface area contributed by atoms with Crippen molar-refractivity contribution in [3.8, 4) is 28.6 Å². The topological polar surface area (TPSA) is 71.2 Å². The number of H-pyrrole nitrogens is 3. The first-order valence-corrected chi connectivity index (χ1v) is 8.85. The Morgan fingerprint density at radius 2 is 1.69 bits per heavy atom. The molecule has 0 amide bonds. The molecule has 0 spiro atoms. The van der Waals surface area contributed by atoms with Crippen LogP contribution in [0.5, 0.6) is 0 Å². The van der Waals surface area contributed by atoms with E-state index < -0.39 is 0 Å². The Kier molecular flexibility index (Phi) is 4.03. The minimum absolute atomic E-state index is 0.340. The van der Waals surface area contributed by atoms with Gasteiger partial charge in [0.2, 0.25) is 0 Å². The highest BCUT2D eigenvalue weighted by Gasteiger charge is 2.19. The van der Waals surface area contributed by atoms with Crippen LogP contribution in [0.3, 0.4) is 0 Å². The number of nitriles is 1. The van der Waals surface area contributed by atoms with Crippen molar-refractivity contribution < 1.29 is 0 Å². The third kappa shape index (κ3) is 2.68. The zero-order chi connectivity index (χ0) is 18.3. The van der Waals surface area contributed by atoms with Crippen molar-refractivity contribution >= 4 is 35.3 Å². The van der Waals surface area contributed by atoms with E-state index >= 15 is 0 Å². The zero-order valence-corrected chi connectivity index (χ0v) is 15.5. The van der Waals surface area contributed by atoms with Crippen molar-refractivity contribution in [1.82, 2.24) is 15.0 Å². The van der Waals surface area contributed by atoms with Crippen molar-refractivity contribution in [2.75, 3.05) is 0 Å². The first-order valence-electron chi connectivity index (χ1n) is 8.03. The van der Waals surface area contributed by atoms with Crippen LogP contribution in [0, 0.1) is 27.7 Å². The Labute approximate surface area is 160 Å². The average molecular weight is 374 g/mol. The molecule has 2 aromatic heterocycles. The van der Waals surface area contributed by atoms with E-state index in [0.29, 0.717) is 20.7 Å². The van der Waals surface area contributed by atoms with Gasteiger partial charge in [0, 0.05) is 16.5 Å². The molecule has 126 valence electrons. The van der Waals surface area contributed by atoms with E-state index in [0.717, 1.165) is 33.3 Å². The van der Waals surface area contributed by atoms with E-state index in [1.807, 2.05) is 43.3 Å². The molecular weight excluding hydrogens is 360 g/mol. The second kappa shape index (κ2) is 6.37. The number of fused-ring (bicyclic) bond motifs is 1. The van der Waals surface area contributed by atoms with Crippen LogP contribution in [0.15, 0.2) is 48.5 Å². The largest absolute Gasteiger partial charge is 0.354 e. The summed E-state index contributed by atoms with van der Waals surface area (Å²) >= 11 is 10.6. The predicted octanol–water partition coefficient (Wildman–Crippen LogP) is 5.80. The molecular formula is C20H14N4S2. The van der Waals surface area contributed by atoms with Gasteiger partial charge in [-0.05, 0) is 36.8 Å². The predicted molar refractivity (Wildman–Crippen MR) is 109 cm³/mol. The first-order chi connectivity index (χ1) is 12.6. The van der Waals surface area contributed by atoms with Crippen LogP contribution in [0.4, 0.5) is 0 Å². The number of hydrogen-bond donors (Lipinski definition) is 3. The van der Waals surface area contributed by atoms with Gasteiger partial charge in [-0.15, -0.1) is 0 Å². The van der Waals surface area contributed by atoms with E-state index in [9.17, 15) is 5.26 Å². The Morgan fingerprint density at radius 1 is 0.923 bits per heavy atom. The number of nitrogens with zero attached hydrogens (tertiary/aromatic N) is 1. The van der Waals surface area contributed by atoms with Gasteiger partial charge in [-0.3, -0.25) is 0 Å².